The van der Waals surface area contributed by atoms with Gasteiger partial charge in [0.05, 0.1) is 7.11 Å². The number of methoxy groups -OCH3 is 1. The van der Waals surface area contributed by atoms with Crippen molar-refractivity contribution in [2.45, 2.75) is 45.3 Å². The van der Waals surface area contributed by atoms with Crippen LogP contribution in [0.25, 0.3) is 0 Å². The summed E-state index contributed by atoms with van der Waals surface area (Å²) in [6.45, 7) is 6.10. The summed E-state index contributed by atoms with van der Waals surface area (Å²) >= 11 is 0. The average molecular weight is 366 g/mol. The molecule has 0 radical (unpaired) electrons. The lowest BCUT2D eigenvalue weighted by Crippen LogP contribution is -2.58. The molecule has 1 aromatic rings. The van der Waals surface area contributed by atoms with Crippen molar-refractivity contribution in [2.75, 3.05) is 33.8 Å². The molecule has 146 valence electrons. The number of piperidine rings is 1. The number of halogens is 1. The van der Waals surface area contributed by atoms with E-state index in [9.17, 15) is 14.3 Å². The number of likely N-dealkylation sites (tertiary alicyclic amines) is 1. The predicted octanol–water partition coefficient (Wildman–Crippen LogP) is 2.67. The van der Waals surface area contributed by atoms with Crippen LogP contribution in [0.1, 0.15) is 38.7 Å². The van der Waals surface area contributed by atoms with E-state index in [2.05, 4.69) is 13.8 Å². The van der Waals surface area contributed by atoms with Gasteiger partial charge < -0.3 is 19.6 Å². The molecule has 1 heterocycles. The maximum Gasteiger partial charge on any atom is 0.256 e. The van der Waals surface area contributed by atoms with Crippen LogP contribution in [0, 0.1) is 11.7 Å². The van der Waals surface area contributed by atoms with E-state index >= 15 is 0 Å². The first-order valence-electron chi connectivity index (χ1n) is 9.28. The highest BCUT2D eigenvalue weighted by Crippen LogP contribution is 2.27. The number of likely N-dealkylation sites (N-methyl/N-ethyl adjacent to an activating group) is 1. The second-order valence-electron chi connectivity index (χ2n) is 7.74. The number of carbonyl (C=O) groups excluding carboxylic acids is 1. The van der Waals surface area contributed by atoms with E-state index in [1.807, 2.05) is 11.9 Å². The molecule has 1 amide bonds. The quantitative estimate of drug-likeness (QED) is 0.769. The zero-order valence-electron chi connectivity index (χ0n) is 16.3. The molecular formula is C20H31FN2O3. The van der Waals surface area contributed by atoms with Crippen LogP contribution >= 0.6 is 0 Å². The Bertz CT molecular complexity index is 623. The minimum atomic E-state index is -1.40. The smallest absolute Gasteiger partial charge is 0.256 e. The van der Waals surface area contributed by atoms with Gasteiger partial charge in [-0.2, -0.15) is 0 Å². The van der Waals surface area contributed by atoms with Crippen LogP contribution in [0.4, 0.5) is 4.39 Å². The van der Waals surface area contributed by atoms with E-state index in [4.69, 9.17) is 4.74 Å². The molecule has 1 saturated heterocycles. The third-order valence-corrected chi connectivity index (χ3v) is 4.94. The van der Waals surface area contributed by atoms with Crippen molar-refractivity contribution in [3.63, 3.8) is 0 Å². The maximum absolute atomic E-state index is 14.1. The van der Waals surface area contributed by atoms with Gasteiger partial charge in [-0.3, -0.25) is 4.79 Å². The number of carbonyl (C=O) groups is 1. The summed E-state index contributed by atoms with van der Waals surface area (Å²) in [7, 11) is 3.45. The van der Waals surface area contributed by atoms with Gasteiger partial charge in [-0.1, -0.05) is 13.8 Å². The van der Waals surface area contributed by atoms with Gasteiger partial charge in [0.25, 0.3) is 5.91 Å². The second-order valence-corrected chi connectivity index (χ2v) is 7.74. The summed E-state index contributed by atoms with van der Waals surface area (Å²) in [6.07, 6.45) is 2.15. The van der Waals surface area contributed by atoms with Gasteiger partial charge in [0.2, 0.25) is 0 Å². The molecular weight excluding hydrogens is 335 g/mol. The summed E-state index contributed by atoms with van der Waals surface area (Å²) in [6, 6.07) is 4.50. The first-order valence-corrected chi connectivity index (χ1v) is 9.28. The lowest BCUT2D eigenvalue weighted by molar-refractivity contribution is -0.159. The van der Waals surface area contributed by atoms with Crippen LogP contribution in [0.5, 0.6) is 5.75 Å². The van der Waals surface area contributed by atoms with Crippen molar-refractivity contribution in [3.8, 4) is 5.75 Å². The first kappa shape index (κ1) is 20.6. The van der Waals surface area contributed by atoms with E-state index < -0.39 is 5.60 Å². The average Bonchev–Trinajstić information content (AvgIpc) is 2.59. The van der Waals surface area contributed by atoms with Crippen LogP contribution in [-0.2, 0) is 11.3 Å². The molecule has 1 unspecified atom stereocenters. The van der Waals surface area contributed by atoms with Crippen molar-refractivity contribution < 1.29 is 19.0 Å². The minimum absolute atomic E-state index is 0.139. The number of aliphatic hydroxyl groups is 1. The molecule has 0 aromatic heterocycles. The lowest BCUT2D eigenvalue weighted by Gasteiger charge is -2.40. The third kappa shape index (κ3) is 5.17. The Labute approximate surface area is 155 Å². The lowest BCUT2D eigenvalue weighted by atomic mass is 9.90. The van der Waals surface area contributed by atoms with Crippen molar-refractivity contribution in [1.29, 1.82) is 0 Å². The molecule has 1 atom stereocenters. The van der Waals surface area contributed by atoms with Crippen molar-refractivity contribution >= 4 is 5.91 Å². The van der Waals surface area contributed by atoms with E-state index in [0.717, 1.165) is 13.0 Å². The number of amides is 1. The molecule has 6 heteroatoms. The van der Waals surface area contributed by atoms with Gasteiger partial charge >= 0.3 is 0 Å². The Morgan fingerprint density at radius 2 is 2.15 bits per heavy atom. The Kier molecular flexibility index (Phi) is 7.01. The van der Waals surface area contributed by atoms with E-state index in [-0.39, 0.29) is 18.3 Å². The zero-order chi connectivity index (χ0) is 19.3. The molecule has 0 saturated carbocycles. The van der Waals surface area contributed by atoms with E-state index in [1.165, 1.54) is 13.2 Å². The third-order valence-electron chi connectivity index (χ3n) is 4.94. The van der Waals surface area contributed by atoms with Crippen LogP contribution in [0.3, 0.4) is 0 Å². The Morgan fingerprint density at radius 3 is 2.81 bits per heavy atom. The highest BCUT2D eigenvalue weighted by atomic mass is 19.1. The highest BCUT2D eigenvalue weighted by molar-refractivity contribution is 5.86. The van der Waals surface area contributed by atoms with Gasteiger partial charge in [-0.25, -0.2) is 4.39 Å². The Balaban J connectivity index is 2.06. The summed E-state index contributed by atoms with van der Waals surface area (Å²) in [5.41, 5.74) is -1.01. The molecule has 1 aromatic carbocycles. The van der Waals surface area contributed by atoms with Gasteiger partial charge in [-0.15, -0.1) is 0 Å². The van der Waals surface area contributed by atoms with Gasteiger partial charge in [-0.05, 0) is 57.0 Å². The number of benzene rings is 1. The SMILES string of the molecule is COc1ccc(F)c(CN2CCCC(O)(CN(C)CCC(C)C)C2=O)c1. The van der Waals surface area contributed by atoms with Gasteiger partial charge in [0, 0.05) is 25.2 Å². The number of hydrogen-bond acceptors (Lipinski definition) is 4. The highest BCUT2D eigenvalue weighted by Gasteiger charge is 2.42. The minimum Gasteiger partial charge on any atom is -0.497 e. The standard InChI is InChI=1S/C20H31FN2O3/c1-15(2)8-11-22(3)14-20(25)9-5-10-23(19(20)24)13-16-12-17(26-4)6-7-18(16)21/h6-7,12,15,25H,5,8-11,13-14H2,1-4H3. The van der Waals surface area contributed by atoms with Gasteiger partial charge in [0.15, 0.2) is 5.60 Å². The fourth-order valence-corrected chi connectivity index (χ4v) is 3.37. The summed E-state index contributed by atoms with van der Waals surface area (Å²) < 4.78 is 19.2. The second kappa shape index (κ2) is 8.82. The number of rotatable bonds is 8. The monoisotopic (exact) mass is 366 g/mol. The molecule has 1 aliphatic heterocycles. The summed E-state index contributed by atoms with van der Waals surface area (Å²) in [5, 5.41) is 10.9. The molecule has 0 aliphatic carbocycles. The molecule has 0 bridgehead atoms. The fourth-order valence-electron chi connectivity index (χ4n) is 3.37. The topological polar surface area (TPSA) is 53.0 Å². The molecule has 5 nitrogen and oxygen atoms in total. The van der Waals surface area contributed by atoms with Crippen LogP contribution in [0.2, 0.25) is 0 Å². The summed E-state index contributed by atoms with van der Waals surface area (Å²) in [5.74, 6) is 0.431. The van der Waals surface area contributed by atoms with Crippen LogP contribution in [0.15, 0.2) is 18.2 Å². The Hall–Kier alpha value is -1.66. The summed E-state index contributed by atoms with van der Waals surface area (Å²) in [4.78, 5) is 16.4. The number of hydrogen-bond donors (Lipinski definition) is 1. The van der Waals surface area contributed by atoms with Crippen molar-refractivity contribution in [3.05, 3.63) is 29.6 Å². The van der Waals surface area contributed by atoms with Crippen molar-refractivity contribution in [1.82, 2.24) is 9.80 Å². The molecule has 0 spiro atoms. The van der Waals surface area contributed by atoms with Gasteiger partial charge in [0.1, 0.15) is 11.6 Å². The zero-order valence-corrected chi connectivity index (χ0v) is 16.3. The molecule has 2 rings (SSSR count). The van der Waals surface area contributed by atoms with Crippen LogP contribution in [-0.4, -0.2) is 60.2 Å². The van der Waals surface area contributed by atoms with E-state index in [1.54, 1.807) is 17.0 Å². The maximum atomic E-state index is 14.1. The first-order chi connectivity index (χ1) is 12.2. The largest absolute Gasteiger partial charge is 0.497 e. The molecule has 1 N–H and O–H groups in total. The van der Waals surface area contributed by atoms with Crippen molar-refractivity contribution in [2.24, 2.45) is 5.92 Å². The Morgan fingerprint density at radius 1 is 1.42 bits per heavy atom. The predicted molar refractivity (Wildman–Crippen MR) is 99.5 cm³/mol. The normalized spacial score (nSPS) is 20.9. The molecule has 1 aliphatic rings. The van der Waals surface area contributed by atoms with E-state index in [0.29, 0.717) is 43.2 Å². The molecule has 26 heavy (non-hydrogen) atoms. The number of nitrogens with zero attached hydrogens (tertiary/aromatic N) is 2. The van der Waals surface area contributed by atoms with Crippen LogP contribution < -0.4 is 4.74 Å². The number of ether oxygens (including phenoxy) is 1. The fraction of sp³-hybridized carbons (Fsp3) is 0.650. The molecule has 1 fully saturated rings.